The van der Waals surface area contributed by atoms with Crippen LogP contribution in [0, 0.1) is 0 Å². The predicted octanol–water partition coefficient (Wildman–Crippen LogP) is 0.248. The number of hydrogen-bond donors (Lipinski definition) is 2. The average Bonchev–Trinajstić information content (AvgIpc) is 3.08. The average molecular weight is 312 g/mol. The lowest BCUT2D eigenvalue weighted by Crippen LogP contribution is -2.48. The van der Waals surface area contributed by atoms with Gasteiger partial charge in [0.25, 0.3) is 11.8 Å². The number of carbonyl (C=O) groups is 2. The lowest BCUT2D eigenvalue weighted by atomic mass is 10.2. The molecule has 1 atom stereocenters. The van der Waals surface area contributed by atoms with Gasteiger partial charge < -0.3 is 10.2 Å². The zero-order valence-electron chi connectivity index (χ0n) is 13.7. The van der Waals surface area contributed by atoms with Gasteiger partial charge in [0.1, 0.15) is 12.9 Å². The van der Waals surface area contributed by atoms with Crippen LogP contribution in [-0.2, 0) is 16.1 Å². The molecule has 0 saturated heterocycles. The predicted molar refractivity (Wildman–Crippen MR) is 82.0 cm³/mol. The lowest BCUT2D eigenvalue weighted by molar-refractivity contribution is -0.129. The molecule has 0 fully saturated rings. The van der Waals surface area contributed by atoms with Crippen LogP contribution in [0.25, 0.3) is 0 Å². The van der Waals surface area contributed by atoms with Crippen LogP contribution < -0.4 is 10.7 Å². The number of fused-ring (bicyclic) bond motifs is 1. The topological polar surface area (TPSA) is 77.6 Å². The summed E-state index contributed by atoms with van der Waals surface area (Å²) in [5.41, 5.74) is 2.88. The largest absolute Gasteiger partial charge is 0.336 e. The Morgan fingerprint density at radius 3 is 2.87 bits per heavy atom. The van der Waals surface area contributed by atoms with Crippen LogP contribution in [0.3, 0.4) is 0 Å². The zero-order chi connectivity index (χ0) is 16.8. The van der Waals surface area contributed by atoms with E-state index in [1.54, 1.807) is 17.3 Å². The van der Waals surface area contributed by atoms with Crippen molar-refractivity contribution in [1.29, 1.82) is 0 Å². The third-order valence-corrected chi connectivity index (χ3v) is 4.24. The SMILES string of the molecule is [2H]N1C(CC)C=C2NC3=C(CN(Cc4ccncc4)C3=O)C(=O)N21. The molecule has 4 rings (SSSR count). The molecule has 1 unspecified atom stereocenters. The van der Waals surface area contributed by atoms with Gasteiger partial charge in [0.2, 0.25) is 0 Å². The number of nitrogens with zero attached hydrogens (tertiary/aromatic N) is 3. The van der Waals surface area contributed by atoms with Crippen LogP contribution in [0.15, 0.2) is 47.7 Å². The number of amides is 2. The number of nitrogens with one attached hydrogen (secondary N) is 2. The monoisotopic (exact) mass is 312 g/mol. The molecule has 0 saturated carbocycles. The van der Waals surface area contributed by atoms with Crippen molar-refractivity contribution in [3.05, 3.63) is 53.3 Å². The summed E-state index contributed by atoms with van der Waals surface area (Å²) >= 11 is 0. The third-order valence-electron chi connectivity index (χ3n) is 4.24. The number of aromatic nitrogens is 1. The highest BCUT2D eigenvalue weighted by atomic mass is 16.2. The second-order valence-corrected chi connectivity index (χ2v) is 5.76. The van der Waals surface area contributed by atoms with Crippen molar-refractivity contribution in [2.75, 3.05) is 6.54 Å². The van der Waals surface area contributed by atoms with Gasteiger partial charge in [0.05, 0.1) is 12.1 Å². The first-order valence-corrected chi connectivity index (χ1v) is 7.62. The molecule has 7 heteroatoms. The molecular weight excluding hydrogens is 294 g/mol. The molecule has 3 aliphatic rings. The fraction of sp³-hybridized carbons (Fsp3) is 0.312. The van der Waals surface area contributed by atoms with Crippen LogP contribution in [0.4, 0.5) is 0 Å². The van der Waals surface area contributed by atoms with E-state index in [4.69, 9.17) is 1.41 Å². The maximum absolute atomic E-state index is 12.7. The molecule has 7 nitrogen and oxygen atoms in total. The Bertz CT molecular complexity index is 776. The van der Waals surface area contributed by atoms with Gasteiger partial charge in [0, 0.05) is 25.0 Å². The summed E-state index contributed by atoms with van der Waals surface area (Å²) in [5.74, 6) is 0.0124. The minimum Gasteiger partial charge on any atom is -0.336 e. The van der Waals surface area contributed by atoms with Crippen LogP contribution in [-0.4, -0.2) is 39.3 Å². The lowest BCUT2D eigenvalue weighted by Gasteiger charge is -2.26. The molecule has 2 N–H and O–H groups in total. The summed E-state index contributed by atoms with van der Waals surface area (Å²) in [6, 6.07) is 3.52. The Labute approximate surface area is 135 Å². The van der Waals surface area contributed by atoms with E-state index in [0.29, 0.717) is 30.1 Å². The van der Waals surface area contributed by atoms with Crippen molar-refractivity contribution in [2.24, 2.45) is 0 Å². The second kappa shape index (κ2) is 5.20. The fourth-order valence-corrected chi connectivity index (χ4v) is 2.98. The quantitative estimate of drug-likeness (QED) is 0.836. The van der Waals surface area contributed by atoms with Crippen molar-refractivity contribution in [1.82, 2.24) is 25.6 Å². The number of hydrogen-bond acceptors (Lipinski definition) is 5. The van der Waals surface area contributed by atoms with Gasteiger partial charge in [-0.25, -0.2) is 10.4 Å². The molecular formula is C16H17N5O2. The van der Waals surface area contributed by atoms with E-state index in [-0.39, 0.29) is 24.4 Å². The zero-order valence-corrected chi connectivity index (χ0v) is 12.7. The summed E-state index contributed by atoms with van der Waals surface area (Å²) in [6.45, 7) is 2.62. The summed E-state index contributed by atoms with van der Waals surface area (Å²) in [4.78, 5) is 31.0. The van der Waals surface area contributed by atoms with E-state index >= 15 is 0 Å². The third kappa shape index (κ3) is 2.20. The van der Waals surface area contributed by atoms with Crippen LogP contribution in [0.5, 0.6) is 0 Å². The van der Waals surface area contributed by atoms with E-state index < -0.39 is 0 Å². The van der Waals surface area contributed by atoms with Crippen molar-refractivity contribution >= 4 is 11.8 Å². The molecule has 3 aliphatic heterocycles. The Hall–Kier alpha value is -2.67. The maximum atomic E-state index is 12.7. The summed E-state index contributed by atoms with van der Waals surface area (Å²) in [6.07, 6.45) is 5.88. The minimum absolute atomic E-state index is 0.167. The van der Waals surface area contributed by atoms with Crippen molar-refractivity contribution in [3.8, 4) is 0 Å². The Balaban J connectivity index is 1.59. The Kier molecular flexibility index (Phi) is 2.90. The fourth-order valence-electron chi connectivity index (χ4n) is 2.98. The maximum Gasteiger partial charge on any atom is 0.274 e. The first-order valence-electron chi connectivity index (χ1n) is 8.07. The summed E-state index contributed by atoms with van der Waals surface area (Å²) < 4.78 is 8.09. The number of carbonyl (C=O) groups excluding carboxylic acids is 2. The summed E-state index contributed by atoms with van der Waals surface area (Å²) in [5, 5.41) is 4.35. The molecule has 118 valence electrons. The number of pyridine rings is 1. The highest BCUT2D eigenvalue weighted by Gasteiger charge is 2.43. The molecule has 1 aromatic rings. The minimum atomic E-state index is -0.300. The van der Waals surface area contributed by atoms with Crippen molar-refractivity contribution in [3.63, 3.8) is 0 Å². The van der Waals surface area contributed by atoms with Gasteiger partial charge >= 0.3 is 0 Å². The molecule has 2 amide bonds. The normalized spacial score (nSPS) is 24.5. The molecule has 0 bridgehead atoms. The van der Waals surface area contributed by atoms with Crippen molar-refractivity contribution < 1.29 is 11.0 Å². The van der Waals surface area contributed by atoms with Gasteiger partial charge in [-0.2, -0.15) is 0 Å². The Morgan fingerprint density at radius 1 is 1.35 bits per heavy atom. The van der Waals surface area contributed by atoms with E-state index in [2.05, 4.69) is 10.3 Å². The van der Waals surface area contributed by atoms with Gasteiger partial charge in [0.15, 0.2) is 0 Å². The molecule has 4 heterocycles. The highest BCUT2D eigenvalue weighted by molar-refractivity contribution is 6.10. The van der Waals surface area contributed by atoms with Gasteiger partial charge in [-0.1, -0.05) is 6.92 Å². The van der Waals surface area contributed by atoms with E-state index in [9.17, 15) is 9.59 Å². The van der Waals surface area contributed by atoms with E-state index in [1.807, 2.05) is 25.1 Å². The molecule has 0 radical (unpaired) electrons. The standard InChI is InChI=1S/C16H17N5O2/c1-2-11-7-13-18-14-12(15(22)21(13)19-11)9-20(16(14)23)8-10-3-5-17-6-4-10/h3-7,11,18-19H,2,8-9H2,1H3/i/hD. The van der Waals surface area contributed by atoms with Gasteiger partial charge in [-0.15, -0.1) is 0 Å². The van der Waals surface area contributed by atoms with E-state index in [1.165, 1.54) is 10.4 Å². The highest BCUT2D eigenvalue weighted by Crippen LogP contribution is 2.29. The summed E-state index contributed by atoms with van der Waals surface area (Å²) in [7, 11) is 0. The van der Waals surface area contributed by atoms with Gasteiger partial charge in [-0.3, -0.25) is 14.6 Å². The van der Waals surface area contributed by atoms with Crippen molar-refractivity contribution in [2.45, 2.75) is 25.9 Å². The van der Waals surface area contributed by atoms with E-state index in [0.717, 1.165) is 5.56 Å². The molecule has 0 aromatic carbocycles. The van der Waals surface area contributed by atoms with Gasteiger partial charge in [-0.05, 0) is 30.2 Å². The van der Waals surface area contributed by atoms with Crippen LogP contribution >= 0.6 is 0 Å². The number of rotatable bonds is 3. The smallest absolute Gasteiger partial charge is 0.274 e. The Morgan fingerprint density at radius 2 is 2.13 bits per heavy atom. The molecule has 0 aliphatic carbocycles. The second-order valence-electron chi connectivity index (χ2n) is 5.76. The first kappa shape index (κ1) is 12.8. The first-order chi connectivity index (χ1) is 11.6. The molecule has 0 spiro atoms. The van der Waals surface area contributed by atoms with Crippen LogP contribution in [0.1, 0.15) is 18.9 Å². The molecule has 1 aromatic heterocycles. The number of hydrazine groups is 1. The van der Waals surface area contributed by atoms with Crippen LogP contribution in [0.2, 0.25) is 1.41 Å². The molecule has 23 heavy (non-hydrogen) atoms.